The second kappa shape index (κ2) is 8.32. The Labute approximate surface area is 184 Å². The van der Waals surface area contributed by atoms with Gasteiger partial charge in [0, 0.05) is 12.3 Å². The van der Waals surface area contributed by atoms with E-state index < -0.39 is 0 Å². The van der Waals surface area contributed by atoms with Crippen LogP contribution in [0.1, 0.15) is 5.89 Å². The maximum Gasteiger partial charge on any atom is 0.276 e. The monoisotopic (exact) mass is 449 g/mol. The quantitative estimate of drug-likeness (QED) is 0.281. The molecule has 10 heteroatoms. The summed E-state index contributed by atoms with van der Waals surface area (Å²) in [5.74, 6) is 1.85. The fourth-order valence-electron chi connectivity index (χ4n) is 3.00. The van der Waals surface area contributed by atoms with Crippen molar-refractivity contribution in [2.24, 2.45) is 0 Å². The van der Waals surface area contributed by atoms with Crippen LogP contribution in [0.25, 0.3) is 27.4 Å². The van der Waals surface area contributed by atoms with Gasteiger partial charge in [0.25, 0.3) is 5.56 Å². The predicted octanol–water partition coefficient (Wildman–Crippen LogP) is 4.19. The number of nitrogens with zero attached hydrogens (tertiary/aromatic N) is 5. The zero-order valence-electron chi connectivity index (χ0n) is 16.3. The number of hydrogen-bond donors (Lipinski definition) is 0. The molecule has 154 valence electrons. The van der Waals surface area contributed by atoms with Gasteiger partial charge in [0.05, 0.1) is 24.1 Å². The first-order valence-corrected chi connectivity index (χ1v) is 11.1. The number of benzene rings is 1. The molecule has 0 aliphatic carbocycles. The van der Waals surface area contributed by atoms with Gasteiger partial charge in [0.15, 0.2) is 5.16 Å². The van der Waals surface area contributed by atoms with E-state index in [2.05, 4.69) is 15.1 Å². The molecule has 31 heavy (non-hydrogen) atoms. The first-order valence-electron chi connectivity index (χ1n) is 9.24. The lowest BCUT2D eigenvalue weighted by Gasteiger charge is -2.12. The first-order chi connectivity index (χ1) is 15.2. The summed E-state index contributed by atoms with van der Waals surface area (Å²) in [6.07, 6.45) is 1.67. The van der Waals surface area contributed by atoms with Crippen molar-refractivity contribution in [2.45, 2.75) is 10.9 Å². The number of pyridine rings is 1. The Kier molecular flexibility index (Phi) is 5.23. The van der Waals surface area contributed by atoms with Gasteiger partial charge >= 0.3 is 0 Å². The summed E-state index contributed by atoms with van der Waals surface area (Å²) in [5.41, 5.74) is 1.84. The molecule has 0 aliphatic heterocycles. The SMILES string of the molecule is COc1cccc(-n2c(SCc3nc(-c4ccccn4)no3)nc3ccsc3c2=O)c1. The van der Waals surface area contributed by atoms with Crippen LogP contribution >= 0.6 is 23.1 Å². The smallest absolute Gasteiger partial charge is 0.276 e. The van der Waals surface area contributed by atoms with Crippen LogP contribution < -0.4 is 10.3 Å². The van der Waals surface area contributed by atoms with Crippen molar-refractivity contribution in [1.82, 2.24) is 24.7 Å². The van der Waals surface area contributed by atoms with E-state index in [1.807, 2.05) is 47.8 Å². The first kappa shape index (κ1) is 19.5. The van der Waals surface area contributed by atoms with Crippen molar-refractivity contribution in [3.05, 3.63) is 76.4 Å². The lowest BCUT2D eigenvalue weighted by Crippen LogP contribution is -2.20. The summed E-state index contributed by atoms with van der Waals surface area (Å²) in [4.78, 5) is 26.6. The summed E-state index contributed by atoms with van der Waals surface area (Å²) in [5, 5.41) is 6.39. The third kappa shape index (κ3) is 3.82. The van der Waals surface area contributed by atoms with Crippen molar-refractivity contribution in [2.75, 3.05) is 7.11 Å². The van der Waals surface area contributed by atoms with Crippen LogP contribution in [0.4, 0.5) is 0 Å². The van der Waals surface area contributed by atoms with E-state index >= 15 is 0 Å². The molecule has 5 aromatic rings. The minimum Gasteiger partial charge on any atom is -0.497 e. The zero-order valence-corrected chi connectivity index (χ0v) is 17.9. The van der Waals surface area contributed by atoms with Gasteiger partial charge in [-0.15, -0.1) is 11.3 Å². The summed E-state index contributed by atoms with van der Waals surface area (Å²) in [6, 6.07) is 14.7. The van der Waals surface area contributed by atoms with E-state index in [4.69, 9.17) is 14.2 Å². The van der Waals surface area contributed by atoms with Crippen LogP contribution in [-0.2, 0) is 5.75 Å². The minimum atomic E-state index is -0.129. The molecule has 0 fully saturated rings. The molecular weight excluding hydrogens is 434 g/mol. The molecule has 0 N–H and O–H groups in total. The van der Waals surface area contributed by atoms with Crippen LogP contribution in [0.3, 0.4) is 0 Å². The van der Waals surface area contributed by atoms with Crippen LogP contribution in [-0.4, -0.2) is 31.8 Å². The Morgan fingerprint density at radius 3 is 2.94 bits per heavy atom. The van der Waals surface area contributed by atoms with Crippen molar-refractivity contribution in [1.29, 1.82) is 0 Å². The number of methoxy groups -OCH3 is 1. The highest BCUT2D eigenvalue weighted by molar-refractivity contribution is 7.98. The second-order valence-electron chi connectivity index (χ2n) is 6.39. The summed E-state index contributed by atoms with van der Waals surface area (Å²) in [7, 11) is 1.59. The molecule has 0 saturated carbocycles. The Hall–Kier alpha value is -3.50. The van der Waals surface area contributed by atoms with Gasteiger partial charge in [-0.2, -0.15) is 4.98 Å². The highest BCUT2D eigenvalue weighted by atomic mass is 32.2. The van der Waals surface area contributed by atoms with Gasteiger partial charge in [0.1, 0.15) is 16.1 Å². The lowest BCUT2D eigenvalue weighted by molar-refractivity contribution is 0.391. The van der Waals surface area contributed by atoms with E-state index in [9.17, 15) is 4.79 Å². The highest BCUT2D eigenvalue weighted by Crippen LogP contribution is 2.27. The van der Waals surface area contributed by atoms with Gasteiger partial charge in [-0.05, 0) is 35.7 Å². The molecule has 4 heterocycles. The number of thiophene rings is 1. The summed E-state index contributed by atoms with van der Waals surface area (Å²) < 4.78 is 12.9. The van der Waals surface area contributed by atoms with E-state index in [1.54, 1.807) is 23.9 Å². The average molecular weight is 450 g/mol. The van der Waals surface area contributed by atoms with E-state index in [1.165, 1.54) is 23.1 Å². The second-order valence-corrected chi connectivity index (χ2v) is 8.25. The van der Waals surface area contributed by atoms with Gasteiger partial charge in [-0.3, -0.25) is 14.3 Å². The van der Waals surface area contributed by atoms with Gasteiger partial charge in [0.2, 0.25) is 11.7 Å². The van der Waals surface area contributed by atoms with Crippen molar-refractivity contribution in [3.63, 3.8) is 0 Å². The number of ether oxygens (including phenoxy) is 1. The number of fused-ring (bicyclic) bond motifs is 1. The maximum absolute atomic E-state index is 13.2. The minimum absolute atomic E-state index is 0.129. The molecule has 0 amide bonds. The molecule has 0 saturated heterocycles. The maximum atomic E-state index is 13.2. The lowest BCUT2D eigenvalue weighted by atomic mass is 10.3. The fraction of sp³-hybridized carbons (Fsp3) is 0.0952. The molecule has 4 aromatic heterocycles. The number of rotatable bonds is 6. The predicted molar refractivity (Wildman–Crippen MR) is 119 cm³/mol. The summed E-state index contributed by atoms with van der Waals surface area (Å²) >= 11 is 2.72. The molecule has 1 aromatic carbocycles. The van der Waals surface area contributed by atoms with Gasteiger partial charge in [-0.25, -0.2) is 4.98 Å². The van der Waals surface area contributed by atoms with Crippen LogP contribution in [0.2, 0.25) is 0 Å². The van der Waals surface area contributed by atoms with Gasteiger partial charge < -0.3 is 9.26 Å². The third-order valence-corrected chi connectivity index (χ3v) is 6.26. The standard InChI is InChI=1S/C21H15N5O3S2/c1-28-14-6-4-5-13(11-14)26-20(27)18-15(8-10-30-18)23-21(26)31-12-17-24-19(25-29-17)16-7-2-3-9-22-16/h2-11H,12H2,1H3. The van der Waals surface area contributed by atoms with Crippen molar-refractivity contribution < 1.29 is 9.26 Å². The Balaban J connectivity index is 1.51. The Bertz CT molecular complexity index is 1410. The van der Waals surface area contributed by atoms with E-state index in [0.29, 0.717) is 50.0 Å². The average Bonchev–Trinajstić information content (AvgIpc) is 3.48. The van der Waals surface area contributed by atoms with Gasteiger partial charge in [-0.1, -0.05) is 29.1 Å². The molecule has 0 bridgehead atoms. The Morgan fingerprint density at radius 2 is 2.10 bits per heavy atom. The van der Waals surface area contributed by atoms with Crippen LogP contribution in [0.5, 0.6) is 5.75 Å². The fourth-order valence-corrected chi connectivity index (χ4v) is 4.61. The van der Waals surface area contributed by atoms with E-state index in [-0.39, 0.29) is 5.56 Å². The molecule has 0 aliphatic rings. The molecule has 0 atom stereocenters. The van der Waals surface area contributed by atoms with Crippen molar-refractivity contribution in [3.8, 4) is 23.0 Å². The number of thioether (sulfide) groups is 1. The molecule has 0 unspecified atom stereocenters. The topological polar surface area (TPSA) is 95.9 Å². The molecular formula is C21H15N5O3S2. The molecule has 0 radical (unpaired) electrons. The number of hydrogen-bond acceptors (Lipinski definition) is 9. The Morgan fingerprint density at radius 1 is 1.16 bits per heavy atom. The highest BCUT2D eigenvalue weighted by Gasteiger charge is 2.17. The van der Waals surface area contributed by atoms with E-state index in [0.717, 1.165) is 0 Å². The van der Waals surface area contributed by atoms with Crippen LogP contribution in [0, 0.1) is 0 Å². The molecule has 0 spiro atoms. The normalized spacial score (nSPS) is 11.1. The molecule has 5 rings (SSSR count). The van der Waals surface area contributed by atoms with Crippen LogP contribution in [0.15, 0.2) is 74.6 Å². The number of aromatic nitrogens is 5. The third-order valence-electron chi connectivity index (χ3n) is 4.45. The zero-order chi connectivity index (χ0) is 21.2. The molecule has 8 nitrogen and oxygen atoms in total. The van der Waals surface area contributed by atoms with Crippen molar-refractivity contribution >= 4 is 33.3 Å². The summed E-state index contributed by atoms with van der Waals surface area (Å²) in [6.45, 7) is 0. The largest absolute Gasteiger partial charge is 0.497 e.